The lowest BCUT2D eigenvalue weighted by atomic mass is 10.2. The number of pyridine rings is 1. The molecule has 0 saturated carbocycles. The molecular formula is C13H7BrF3N3. The van der Waals surface area contributed by atoms with Crippen LogP contribution in [0.3, 0.4) is 0 Å². The van der Waals surface area contributed by atoms with E-state index >= 15 is 0 Å². The molecule has 2 aromatic heterocycles. The van der Waals surface area contributed by atoms with Crippen molar-refractivity contribution in [2.75, 3.05) is 0 Å². The van der Waals surface area contributed by atoms with E-state index in [1.54, 1.807) is 18.3 Å². The summed E-state index contributed by atoms with van der Waals surface area (Å²) >= 11 is 3.22. The number of aromatic nitrogens is 3. The van der Waals surface area contributed by atoms with Gasteiger partial charge in [-0.05, 0) is 46.3 Å². The van der Waals surface area contributed by atoms with Gasteiger partial charge in [0.15, 0.2) is 0 Å². The molecule has 0 aliphatic carbocycles. The third-order valence-electron chi connectivity index (χ3n) is 2.81. The van der Waals surface area contributed by atoms with Crippen LogP contribution in [0.5, 0.6) is 0 Å². The molecule has 0 amide bonds. The van der Waals surface area contributed by atoms with Crippen molar-refractivity contribution >= 4 is 27.0 Å². The number of hydrogen-bond acceptors (Lipinski definition) is 2. The van der Waals surface area contributed by atoms with Crippen LogP contribution < -0.4 is 0 Å². The van der Waals surface area contributed by atoms with E-state index < -0.39 is 11.7 Å². The van der Waals surface area contributed by atoms with Gasteiger partial charge in [0, 0.05) is 11.8 Å². The Bertz CT molecular complexity index is 763. The maximum atomic E-state index is 12.6. The number of imidazole rings is 1. The Hall–Kier alpha value is -1.89. The Morgan fingerprint density at radius 1 is 1.10 bits per heavy atom. The monoisotopic (exact) mass is 341 g/mol. The molecule has 0 radical (unpaired) electrons. The fourth-order valence-electron chi connectivity index (χ4n) is 1.83. The molecule has 2 heterocycles. The van der Waals surface area contributed by atoms with Crippen molar-refractivity contribution < 1.29 is 13.2 Å². The average molecular weight is 342 g/mol. The van der Waals surface area contributed by atoms with Gasteiger partial charge < -0.3 is 4.98 Å². The van der Waals surface area contributed by atoms with Crippen molar-refractivity contribution in [1.29, 1.82) is 0 Å². The van der Waals surface area contributed by atoms with E-state index in [0.717, 1.165) is 12.1 Å². The Balaban J connectivity index is 2.09. The second-order valence-corrected chi connectivity index (χ2v) is 5.00. The summed E-state index contributed by atoms with van der Waals surface area (Å²) in [6.07, 6.45) is -2.78. The highest BCUT2D eigenvalue weighted by molar-refractivity contribution is 9.10. The van der Waals surface area contributed by atoms with Crippen LogP contribution in [0.15, 0.2) is 41.1 Å². The fourth-order valence-corrected chi connectivity index (χ4v) is 2.07. The molecule has 0 aliphatic rings. The first-order valence-electron chi connectivity index (χ1n) is 5.62. The zero-order chi connectivity index (χ0) is 14.3. The van der Waals surface area contributed by atoms with Gasteiger partial charge in [0.2, 0.25) is 0 Å². The standard InChI is InChI=1S/C13H7BrF3N3/c14-11-4-1-7(6-18-11)12-19-9-3-2-8(13(15,16)17)5-10(9)20-12/h1-6H,(H,19,20). The lowest BCUT2D eigenvalue weighted by Gasteiger charge is -2.04. The topological polar surface area (TPSA) is 41.6 Å². The number of fused-ring (bicyclic) bond motifs is 1. The van der Waals surface area contributed by atoms with Crippen molar-refractivity contribution in [3.05, 3.63) is 46.7 Å². The van der Waals surface area contributed by atoms with Gasteiger partial charge in [0.1, 0.15) is 10.4 Å². The number of rotatable bonds is 1. The number of H-pyrrole nitrogens is 1. The summed E-state index contributed by atoms with van der Waals surface area (Å²) in [5, 5.41) is 0. The second-order valence-electron chi connectivity index (χ2n) is 4.18. The number of alkyl halides is 3. The molecule has 0 aliphatic heterocycles. The van der Waals surface area contributed by atoms with Crippen molar-refractivity contribution in [3.8, 4) is 11.4 Å². The Labute approximate surface area is 120 Å². The van der Waals surface area contributed by atoms with Crippen LogP contribution in [0.4, 0.5) is 13.2 Å². The summed E-state index contributed by atoms with van der Waals surface area (Å²) in [6, 6.07) is 6.95. The van der Waals surface area contributed by atoms with Crippen LogP contribution in [0.25, 0.3) is 22.4 Å². The molecule has 102 valence electrons. The highest BCUT2D eigenvalue weighted by Gasteiger charge is 2.30. The quantitative estimate of drug-likeness (QED) is 0.666. The maximum absolute atomic E-state index is 12.6. The average Bonchev–Trinajstić information content (AvgIpc) is 2.81. The highest BCUT2D eigenvalue weighted by atomic mass is 79.9. The molecule has 0 unspecified atom stereocenters. The van der Waals surface area contributed by atoms with Crippen LogP contribution in [-0.4, -0.2) is 15.0 Å². The fraction of sp³-hybridized carbons (Fsp3) is 0.0769. The largest absolute Gasteiger partial charge is 0.416 e. The molecule has 0 spiro atoms. The van der Waals surface area contributed by atoms with Gasteiger partial charge in [0.25, 0.3) is 0 Å². The van der Waals surface area contributed by atoms with Crippen molar-refractivity contribution in [3.63, 3.8) is 0 Å². The predicted octanol–water partition coefficient (Wildman–Crippen LogP) is 4.41. The van der Waals surface area contributed by atoms with Crippen molar-refractivity contribution in [2.24, 2.45) is 0 Å². The van der Waals surface area contributed by atoms with E-state index in [4.69, 9.17) is 0 Å². The SMILES string of the molecule is FC(F)(F)c1ccc2[nH]c(-c3ccc(Br)nc3)nc2c1. The minimum Gasteiger partial charge on any atom is -0.338 e. The zero-order valence-corrected chi connectivity index (χ0v) is 11.5. The number of benzene rings is 1. The Morgan fingerprint density at radius 3 is 2.55 bits per heavy atom. The third-order valence-corrected chi connectivity index (χ3v) is 3.28. The van der Waals surface area contributed by atoms with E-state index in [0.29, 0.717) is 21.5 Å². The summed E-state index contributed by atoms with van der Waals surface area (Å²) < 4.78 is 38.6. The first-order valence-corrected chi connectivity index (χ1v) is 6.42. The van der Waals surface area contributed by atoms with E-state index in [-0.39, 0.29) is 5.52 Å². The predicted molar refractivity (Wildman–Crippen MR) is 72.0 cm³/mol. The first-order chi connectivity index (χ1) is 9.43. The molecule has 3 aromatic rings. The second kappa shape index (κ2) is 4.59. The van der Waals surface area contributed by atoms with E-state index in [1.807, 2.05) is 0 Å². The normalized spacial score (nSPS) is 12.0. The van der Waals surface area contributed by atoms with Crippen molar-refractivity contribution in [2.45, 2.75) is 6.18 Å². The number of halogens is 4. The minimum absolute atomic E-state index is 0.276. The summed E-state index contributed by atoms with van der Waals surface area (Å²) in [6.45, 7) is 0. The zero-order valence-electron chi connectivity index (χ0n) is 9.87. The molecule has 1 N–H and O–H groups in total. The molecule has 0 bridgehead atoms. The molecule has 1 aromatic carbocycles. The van der Waals surface area contributed by atoms with Gasteiger partial charge in [0.05, 0.1) is 16.6 Å². The van der Waals surface area contributed by atoms with Crippen LogP contribution in [0.2, 0.25) is 0 Å². The minimum atomic E-state index is -4.37. The first kappa shape index (κ1) is 13.1. The molecular weight excluding hydrogens is 335 g/mol. The van der Waals surface area contributed by atoms with Gasteiger partial charge in [-0.25, -0.2) is 9.97 Å². The van der Waals surface area contributed by atoms with Crippen LogP contribution in [0.1, 0.15) is 5.56 Å². The summed E-state index contributed by atoms with van der Waals surface area (Å²) in [5.74, 6) is 0.485. The molecule has 0 atom stereocenters. The molecule has 7 heteroatoms. The smallest absolute Gasteiger partial charge is 0.338 e. The van der Waals surface area contributed by atoms with E-state index in [2.05, 4.69) is 30.9 Å². The van der Waals surface area contributed by atoms with E-state index in [1.165, 1.54) is 6.07 Å². The van der Waals surface area contributed by atoms with Gasteiger partial charge >= 0.3 is 6.18 Å². The number of aromatic amines is 1. The third kappa shape index (κ3) is 2.40. The molecule has 0 saturated heterocycles. The molecule has 3 rings (SSSR count). The summed E-state index contributed by atoms with van der Waals surface area (Å²) in [4.78, 5) is 11.2. The van der Waals surface area contributed by atoms with Gasteiger partial charge in [-0.1, -0.05) is 0 Å². The van der Waals surface area contributed by atoms with E-state index in [9.17, 15) is 13.2 Å². The van der Waals surface area contributed by atoms with Crippen molar-refractivity contribution in [1.82, 2.24) is 15.0 Å². The van der Waals surface area contributed by atoms with Gasteiger partial charge in [-0.15, -0.1) is 0 Å². The Morgan fingerprint density at radius 2 is 1.90 bits per heavy atom. The lowest BCUT2D eigenvalue weighted by Crippen LogP contribution is -2.04. The molecule has 0 fully saturated rings. The Kier molecular flexibility index (Phi) is 3.01. The van der Waals surface area contributed by atoms with Crippen LogP contribution in [-0.2, 0) is 6.18 Å². The maximum Gasteiger partial charge on any atom is 0.416 e. The van der Waals surface area contributed by atoms with Crippen LogP contribution >= 0.6 is 15.9 Å². The molecule has 20 heavy (non-hydrogen) atoms. The van der Waals surface area contributed by atoms with Gasteiger partial charge in [-0.2, -0.15) is 13.2 Å². The molecule has 3 nitrogen and oxygen atoms in total. The number of nitrogens with one attached hydrogen (secondary N) is 1. The van der Waals surface area contributed by atoms with Crippen LogP contribution in [0, 0.1) is 0 Å². The number of hydrogen-bond donors (Lipinski definition) is 1. The van der Waals surface area contributed by atoms with Gasteiger partial charge in [-0.3, -0.25) is 0 Å². The summed E-state index contributed by atoms with van der Waals surface area (Å²) in [7, 11) is 0. The number of nitrogens with zero attached hydrogens (tertiary/aromatic N) is 2. The lowest BCUT2D eigenvalue weighted by molar-refractivity contribution is -0.137. The summed E-state index contributed by atoms with van der Waals surface area (Å²) in [5.41, 5.74) is 0.823. The highest BCUT2D eigenvalue weighted by Crippen LogP contribution is 2.31.